The highest BCUT2D eigenvalue weighted by atomic mass is 32.1. The molecule has 0 radical (unpaired) electrons. The molecule has 7 aromatic carbocycles. The maximum absolute atomic E-state index is 2.55. The third-order valence-corrected chi connectivity index (χ3v) is 16.5. The Morgan fingerprint density at radius 1 is 0.472 bits per heavy atom. The van der Waals surface area contributed by atoms with Crippen LogP contribution in [-0.4, -0.2) is 4.57 Å². The second-order valence-electron chi connectivity index (χ2n) is 16.8. The first-order valence-corrected chi connectivity index (χ1v) is 20.4. The van der Waals surface area contributed by atoms with E-state index >= 15 is 0 Å². The number of hydrogen-bond donors (Lipinski definition) is 0. The van der Waals surface area contributed by atoms with Crippen LogP contribution < -0.4 is 0 Å². The highest BCUT2D eigenvalue weighted by molar-refractivity contribution is 7.26. The van der Waals surface area contributed by atoms with E-state index in [2.05, 4.69) is 156 Å². The summed E-state index contributed by atoms with van der Waals surface area (Å²) in [6.07, 6.45) is 4.42. The van der Waals surface area contributed by atoms with Crippen molar-refractivity contribution in [1.29, 1.82) is 0 Å². The van der Waals surface area contributed by atoms with Gasteiger partial charge >= 0.3 is 0 Å². The van der Waals surface area contributed by atoms with Crippen molar-refractivity contribution in [2.75, 3.05) is 0 Å². The summed E-state index contributed by atoms with van der Waals surface area (Å²) in [7, 11) is 0. The van der Waals surface area contributed by atoms with Gasteiger partial charge < -0.3 is 4.57 Å². The maximum Gasteiger partial charge on any atom is 0.0541 e. The zero-order chi connectivity index (χ0) is 34.2. The van der Waals surface area contributed by atoms with E-state index in [0.717, 1.165) is 29.1 Å². The molecular weight excluding hydrogens is 659 g/mol. The average Bonchev–Trinajstić information content (AvgIpc) is 3.82. The summed E-state index contributed by atoms with van der Waals surface area (Å²) in [4.78, 5) is 0. The van der Waals surface area contributed by atoms with Gasteiger partial charge in [0.1, 0.15) is 0 Å². The van der Waals surface area contributed by atoms with Crippen LogP contribution in [0.3, 0.4) is 0 Å². The zero-order valence-corrected chi connectivity index (χ0v) is 30.0. The lowest BCUT2D eigenvalue weighted by Crippen LogP contribution is -2.88. The Labute approximate surface area is 312 Å². The van der Waals surface area contributed by atoms with Gasteiger partial charge in [-0.1, -0.05) is 109 Å². The van der Waals surface area contributed by atoms with Crippen LogP contribution in [0.1, 0.15) is 30.4 Å². The summed E-state index contributed by atoms with van der Waals surface area (Å²) in [6.45, 7) is 0. The average molecular weight is 694 g/mol. The molecule has 4 saturated carbocycles. The standard InChI is InChI=1S/C51H35NS/c1-4-16-42-36(11-1)40-24-29(19-21-43(40)51(42)47-27-32-26-33-28-48(51)50(32,33)47)30-20-22-45-41(25-30)37-12-2-5-17-44(37)52(45)34-10-7-9-31(23-34)35-14-8-15-39-38-13-3-6-18-46(38)53-49(35)39/h1-25,32-33,47-48H,26-28H2. The molecule has 250 valence electrons. The van der Waals surface area contributed by atoms with E-state index < -0.39 is 0 Å². The molecule has 4 unspecified atom stereocenters. The SMILES string of the molecule is c1cc(-c2cccc3c2sc2ccccc23)cc(-n2c3ccccc3c3cc(-c4ccc5c(c4)-c4ccccc4C54C5CC6CC7CC4C675)ccc32)c1. The third kappa shape index (κ3) is 3.07. The molecule has 0 bridgehead atoms. The van der Waals surface area contributed by atoms with Gasteiger partial charge in [-0.05, 0) is 135 Å². The van der Waals surface area contributed by atoms with Gasteiger partial charge in [0.05, 0.1) is 11.0 Å². The molecule has 5 aliphatic rings. The molecule has 2 spiro atoms. The van der Waals surface area contributed by atoms with Crippen LogP contribution in [0.15, 0.2) is 152 Å². The van der Waals surface area contributed by atoms with E-state index in [4.69, 9.17) is 0 Å². The minimum atomic E-state index is 0.270. The number of fused-ring (bicyclic) bond motifs is 13. The summed E-state index contributed by atoms with van der Waals surface area (Å²) in [5.41, 5.74) is 16.1. The largest absolute Gasteiger partial charge is 0.309 e. The van der Waals surface area contributed by atoms with Crippen molar-refractivity contribution in [3.63, 3.8) is 0 Å². The lowest BCUT2D eigenvalue weighted by Gasteiger charge is -2.92. The van der Waals surface area contributed by atoms with Crippen LogP contribution >= 0.6 is 11.3 Å². The second kappa shape index (κ2) is 9.37. The van der Waals surface area contributed by atoms with Crippen LogP contribution in [-0.2, 0) is 5.41 Å². The lowest BCUT2D eigenvalue weighted by atomic mass is 9.11. The Balaban J connectivity index is 0.907. The van der Waals surface area contributed by atoms with Crippen LogP contribution in [0.25, 0.3) is 81.0 Å². The molecule has 0 saturated heterocycles. The van der Waals surface area contributed by atoms with Gasteiger partial charge in [0.2, 0.25) is 0 Å². The van der Waals surface area contributed by atoms with E-state index in [1.54, 1.807) is 11.1 Å². The van der Waals surface area contributed by atoms with Gasteiger partial charge in [0, 0.05) is 42.0 Å². The van der Waals surface area contributed by atoms with Crippen molar-refractivity contribution < 1.29 is 0 Å². The fourth-order valence-electron chi connectivity index (χ4n) is 13.4. The topological polar surface area (TPSA) is 4.93 Å². The van der Waals surface area contributed by atoms with Crippen molar-refractivity contribution in [3.05, 3.63) is 163 Å². The molecule has 0 aliphatic heterocycles. The summed E-state index contributed by atoms with van der Waals surface area (Å²) < 4.78 is 5.17. The van der Waals surface area contributed by atoms with E-state index in [-0.39, 0.29) is 5.41 Å². The van der Waals surface area contributed by atoms with E-state index in [1.165, 1.54) is 100 Å². The molecule has 5 aliphatic carbocycles. The molecule has 4 atom stereocenters. The van der Waals surface area contributed by atoms with E-state index in [9.17, 15) is 0 Å². The molecule has 53 heavy (non-hydrogen) atoms. The predicted octanol–water partition coefficient (Wildman–Crippen LogP) is 13.4. The molecule has 2 heterocycles. The third-order valence-electron chi connectivity index (χ3n) is 15.3. The first-order chi connectivity index (χ1) is 26.2. The molecule has 4 fully saturated rings. The summed E-state index contributed by atoms with van der Waals surface area (Å²) in [5, 5.41) is 5.28. The number of rotatable bonds is 3. The zero-order valence-electron chi connectivity index (χ0n) is 29.2. The summed E-state index contributed by atoms with van der Waals surface area (Å²) in [6, 6.07) is 57.8. The van der Waals surface area contributed by atoms with Gasteiger partial charge in [-0.2, -0.15) is 0 Å². The van der Waals surface area contributed by atoms with Gasteiger partial charge in [-0.25, -0.2) is 0 Å². The van der Waals surface area contributed by atoms with Crippen LogP contribution in [0.4, 0.5) is 0 Å². The molecule has 2 aromatic heterocycles. The maximum atomic E-state index is 2.55. The lowest BCUT2D eigenvalue weighted by molar-refractivity contribution is -0.412. The first-order valence-electron chi connectivity index (χ1n) is 19.5. The molecule has 9 aromatic rings. The Bertz CT molecular complexity index is 3080. The number of thiophene rings is 1. The Hall–Kier alpha value is -5.44. The number of hydrogen-bond acceptors (Lipinski definition) is 1. The van der Waals surface area contributed by atoms with Crippen molar-refractivity contribution in [3.8, 4) is 39.1 Å². The van der Waals surface area contributed by atoms with Crippen molar-refractivity contribution in [2.24, 2.45) is 29.1 Å². The van der Waals surface area contributed by atoms with Crippen LogP contribution in [0.5, 0.6) is 0 Å². The van der Waals surface area contributed by atoms with E-state index in [0.29, 0.717) is 0 Å². The number of nitrogens with zero attached hydrogens (tertiary/aromatic N) is 1. The smallest absolute Gasteiger partial charge is 0.0541 e. The Morgan fingerprint density at radius 2 is 1.17 bits per heavy atom. The highest BCUT2D eigenvalue weighted by Crippen LogP contribution is 2.94. The predicted molar refractivity (Wildman–Crippen MR) is 221 cm³/mol. The summed E-state index contributed by atoms with van der Waals surface area (Å²) >= 11 is 1.90. The molecule has 1 nitrogen and oxygen atoms in total. The normalized spacial score (nSPS) is 26.8. The Morgan fingerprint density at radius 3 is 2.08 bits per heavy atom. The van der Waals surface area contributed by atoms with Crippen LogP contribution in [0.2, 0.25) is 0 Å². The van der Waals surface area contributed by atoms with E-state index in [1.807, 2.05) is 11.3 Å². The number of para-hydroxylation sites is 1. The fraction of sp³-hybridized carbons (Fsp3) is 0.176. The molecule has 0 amide bonds. The van der Waals surface area contributed by atoms with Gasteiger partial charge in [0.15, 0.2) is 0 Å². The first kappa shape index (κ1) is 28.1. The van der Waals surface area contributed by atoms with Crippen molar-refractivity contribution in [1.82, 2.24) is 4.57 Å². The Kier molecular flexibility index (Phi) is 4.97. The fourth-order valence-corrected chi connectivity index (χ4v) is 14.6. The van der Waals surface area contributed by atoms with Crippen molar-refractivity contribution >= 4 is 53.3 Å². The second-order valence-corrected chi connectivity index (χ2v) is 17.8. The minimum absolute atomic E-state index is 0.270. The number of aromatic nitrogens is 1. The summed E-state index contributed by atoms with van der Waals surface area (Å²) in [5.74, 6) is 3.79. The minimum Gasteiger partial charge on any atom is -0.309 e. The van der Waals surface area contributed by atoms with Crippen LogP contribution in [0, 0.1) is 29.1 Å². The molecule has 14 rings (SSSR count). The van der Waals surface area contributed by atoms with Gasteiger partial charge in [-0.15, -0.1) is 11.3 Å². The van der Waals surface area contributed by atoms with Gasteiger partial charge in [-0.3, -0.25) is 0 Å². The molecular formula is C51H35NS. The highest BCUT2D eigenvalue weighted by Gasteiger charge is 2.90. The number of benzene rings is 7. The monoisotopic (exact) mass is 693 g/mol. The molecule has 2 heteroatoms. The van der Waals surface area contributed by atoms with Gasteiger partial charge in [0.25, 0.3) is 0 Å². The van der Waals surface area contributed by atoms with Crippen molar-refractivity contribution in [2.45, 2.75) is 24.7 Å². The molecule has 0 N–H and O–H groups in total. The quantitative estimate of drug-likeness (QED) is 0.174.